The zero-order chi connectivity index (χ0) is 23.9. The number of nitrogens with one attached hydrogen (secondary N) is 2. The quantitative estimate of drug-likeness (QED) is 0.406. The van der Waals surface area contributed by atoms with Gasteiger partial charge in [-0.2, -0.15) is 4.98 Å². The van der Waals surface area contributed by atoms with Crippen molar-refractivity contribution in [2.24, 2.45) is 0 Å². The first kappa shape index (κ1) is 23.9. The van der Waals surface area contributed by atoms with E-state index in [0.29, 0.717) is 42.5 Å². The van der Waals surface area contributed by atoms with Gasteiger partial charge in [-0.15, -0.1) is 0 Å². The van der Waals surface area contributed by atoms with Crippen molar-refractivity contribution in [3.05, 3.63) is 35.8 Å². The van der Waals surface area contributed by atoms with Crippen molar-refractivity contribution in [2.75, 3.05) is 34.8 Å². The number of carbonyl (C=O) groups is 2. The van der Waals surface area contributed by atoms with Crippen molar-refractivity contribution in [1.29, 1.82) is 0 Å². The van der Waals surface area contributed by atoms with Gasteiger partial charge in [0.1, 0.15) is 11.6 Å². The van der Waals surface area contributed by atoms with Gasteiger partial charge in [0.25, 0.3) is 0 Å². The van der Waals surface area contributed by atoms with Crippen LogP contribution in [0.2, 0.25) is 0 Å². The predicted molar refractivity (Wildman–Crippen MR) is 131 cm³/mol. The fourth-order valence-corrected chi connectivity index (χ4v) is 4.82. The smallest absolute Gasteiger partial charge is 0.229 e. The molecule has 2 aliphatic rings. The second-order valence-corrected chi connectivity index (χ2v) is 9.07. The summed E-state index contributed by atoms with van der Waals surface area (Å²) in [5.74, 6) is 0.553. The van der Waals surface area contributed by atoms with Crippen LogP contribution < -0.4 is 20.4 Å². The van der Waals surface area contributed by atoms with Gasteiger partial charge in [-0.25, -0.2) is 9.37 Å². The lowest BCUT2D eigenvalue weighted by Crippen LogP contribution is -2.33. The topological polar surface area (TPSA) is 90.5 Å². The molecular formula is C25H33FN6O2. The Morgan fingerprint density at radius 2 is 2.00 bits per heavy atom. The van der Waals surface area contributed by atoms with Crippen LogP contribution in [0.5, 0.6) is 0 Å². The van der Waals surface area contributed by atoms with Crippen LogP contribution in [-0.4, -0.2) is 48.0 Å². The molecule has 2 amide bonds. The Bertz CT molecular complexity index is 1000. The molecule has 8 nitrogen and oxygen atoms in total. The van der Waals surface area contributed by atoms with E-state index in [0.717, 1.165) is 63.6 Å². The zero-order valence-corrected chi connectivity index (χ0v) is 19.7. The summed E-state index contributed by atoms with van der Waals surface area (Å²) in [6, 6.07) is 5.20. The van der Waals surface area contributed by atoms with Gasteiger partial charge in [-0.1, -0.05) is 12.8 Å². The van der Waals surface area contributed by atoms with Crippen molar-refractivity contribution in [3.8, 4) is 0 Å². The third-order valence-electron chi connectivity index (χ3n) is 6.57. The molecule has 34 heavy (non-hydrogen) atoms. The summed E-state index contributed by atoms with van der Waals surface area (Å²) >= 11 is 0. The fourth-order valence-electron chi connectivity index (χ4n) is 4.82. The number of rotatable bonds is 10. The molecule has 1 aromatic carbocycles. The third kappa shape index (κ3) is 5.81. The molecule has 0 radical (unpaired) electrons. The lowest BCUT2D eigenvalue weighted by atomic mass is 10.1. The molecule has 0 atom stereocenters. The van der Waals surface area contributed by atoms with Crippen molar-refractivity contribution in [3.63, 3.8) is 0 Å². The maximum Gasteiger partial charge on any atom is 0.229 e. The van der Waals surface area contributed by atoms with Gasteiger partial charge in [0, 0.05) is 50.0 Å². The van der Waals surface area contributed by atoms with Crippen LogP contribution in [0.15, 0.2) is 24.4 Å². The summed E-state index contributed by atoms with van der Waals surface area (Å²) in [5, 5.41) is 5.89. The van der Waals surface area contributed by atoms with E-state index in [4.69, 9.17) is 0 Å². The second kappa shape index (κ2) is 11.3. The number of amides is 2. The maximum atomic E-state index is 14.8. The summed E-state index contributed by atoms with van der Waals surface area (Å²) < 4.78 is 14.8. The minimum atomic E-state index is -0.276. The number of aryl methyl sites for hydroxylation is 1. The molecular weight excluding hydrogens is 435 g/mol. The van der Waals surface area contributed by atoms with Crippen LogP contribution in [0.1, 0.15) is 57.4 Å². The highest BCUT2D eigenvalue weighted by atomic mass is 19.1. The Balaban J connectivity index is 1.54. The molecule has 2 heterocycles. The lowest BCUT2D eigenvalue weighted by molar-refractivity contribution is -0.119. The highest BCUT2D eigenvalue weighted by molar-refractivity contribution is 5.76. The van der Waals surface area contributed by atoms with Gasteiger partial charge >= 0.3 is 0 Å². The summed E-state index contributed by atoms with van der Waals surface area (Å²) in [5.41, 5.74) is 2.03. The molecule has 0 spiro atoms. The van der Waals surface area contributed by atoms with Gasteiger partial charge in [0.05, 0.1) is 5.69 Å². The first-order chi connectivity index (χ1) is 16.5. The molecule has 1 saturated heterocycles. The molecule has 9 heteroatoms. The average molecular weight is 469 g/mol. The van der Waals surface area contributed by atoms with E-state index in [1.165, 1.54) is 13.0 Å². The molecule has 0 unspecified atom stereocenters. The first-order valence-corrected chi connectivity index (χ1v) is 12.2. The SMILES string of the molecule is CC(=O)NCCCc1cnc(Nc2ccc(N3CCCC3)c(F)c2)nc1N(C=O)C1CCCC1. The molecule has 2 aromatic rings. The zero-order valence-electron chi connectivity index (χ0n) is 19.7. The molecule has 182 valence electrons. The Kier molecular flexibility index (Phi) is 7.92. The largest absolute Gasteiger partial charge is 0.369 e. The van der Waals surface area contributed by atoms with Crippen LogP contribution in [0.25, 0.3) is 0 Å². The van der Waals surface area contributed by atoms with E-state index in [2.05, 4.69) is 25.5 Å². The number of nitrogens with zero attached hydrogens (tertiary/aromatic N) is 4. The van der Waals surface area contributed by atoms with Gasteiger partial charge in [0.15, 0.2) is 0 Å². The second-order valence-electron chi connectivity index (χ2n) is 9.07. The first-order valence-electron chi connectivity index (χ1n) is 12.2. The Morgan fingerprint density at radius 3 is 2.68 bits per heavy atom. The molecule has 0 bridgehead atoms. The standard InChI is InChI=1S/C25H33FN6O2/c1-18(34)27-12-6-7-19-16-28-25(30-24(19)32(17-33)21-8-2-3-9-21)29-20-10-11-23(22(26)15-20)31-13-4-5-14-31/h10-11,15-17,21H,2-9,12-14H2,1H3,(H,27,34)(H,28,29,30). The molecule has 1 aliphatic heterocycles. The highest BCUT2D eigenvalue weighted by Crippen LogP contribution is 2.31. The molecule has 2 fully saturated rings. The Hall–Kier alpha value is -3.23. The summed E-state index contributed by atoms with van der Waals surface area (Å²) in [4.78, 5) is 36.1. The number of halogens is 1. The minimum absolute atomic E-state index is 0.0699. The molecule has 1 aromatic heterocycles. The predicted octanol–water partition coefficient (Wildman–Crippen LogP) is 3.93. The minimum Gasteiger partial charge on any atom is -0.369 e. The number of anilines is 4. The maximum absolute atomic E-state index is 14.8. The summed E-state index contributed by atoms with van der Waals surface area (Å²) in [6.45, 7) is 3.79. The van der Waals surface area contributed by atoms with Crippen LogP contribution in [0.4, 0.5) is 27.5 Å². The Morgan fingerprint density at radius 1 is 1.24 bits per heavy atom. The molecule has 1 saturated carbocycles. The van der Waals surface area contributed by atoms with E-state index < -0.39 is 0 Å². The number of carbonyl (C=O) groups excluding carboxylic acids is 2. The Labute approximate surface area is 199 Å². The van der Waals surface area contributed by atoms with Crippen LogP contribution in [-0.2, 0) is 16.0 Å². The highest BCUT2D eigenvalue weighted by Gasteiger charge is 2.26. The van der Waals surface area contributed by atoms with E-state index in [9.17, 15) is 14.0 Å². The van der Waals surface area contributed by atoms with Gasteiger partial charge in [0.2, 0.25) is 18.3 Å². The van der Waals surface area contributed by atoms with E-state index >= 15 is 0 Å². The average Bonchev–Trinajstić information content (AvgIpc) is 3.53. The molecule has 1 aliphatic carbocycles. The van der Waals surface area contributed by atoms with Crippen molar-refractivity contribution in [1.82, 2.24) is 15.3 Å². The van der Waals surface area contributed by atoms with Crippen LogP contribution in [0, 0.1) is 5.82 Å². The van der Waals surface area contributed by atoms with Gasteiger partial charge < -0.3 is 15.5 Å². The van der Waals surface area contributed by atoms with Crippen molar-refractivity contribution < 1.29 is 14.0 Å². The van der Waals surface area contributed by atoms with Crippen molar-refractivity contribution in [2.45, 2.75) is 64.3 Å². The van der Waals surface area contributed by atoms with E-state index in [-0.39, 0.29) is 17.8 Å². The molecule has 2 N–H and O–H groups in total. The lowest BCUT2D eigenvalue weighted by Gasteiger charge is -2.26. The molecule has 4 rings (SSSR count). The monoisotopic (exact) mass is 468 g/mol. The van der Waals surface area contributed by atoms with E-state index in [1.807, 2.05) is 6.07 Å². The van der Waals surface area contributed by atoms with Gasteiger partial charge in [-0.3, -0.25) is 14.5 Å². The summed E-state index contributed by atoms with van der Waals surface area (Å²) in [6.07, 6.45) is 10.2. The number of hydrogen-bond donors (Lipinski definition) is 2. The summed E-state index contributed by atoms with van der Waals surface area (Å²) in [7, 11) is 0. The number of hydrogen-bond acceptors (Lipinski definition) is 6. The normalized spacial score (nSPS) is 16.0. The number of benzene rings is 1. The van der Waals surface area contributed by atoms with E-state index in [1.54, 1.807) is 17.2 Å². The fraction of sp³-hybridized carbons (Fsp3) is 0.520. The van der Waals surface area contributed by atoms with Crippen LogP contribution >= 0.6 is 0 Å². The van der Waals surface area contributed by atoms with Crippen LogP contribution in [0.3, 0.4) is 0 Å². The third-order valence-corrected chi connectivity index (χ3v) is 6.57. The van der Waals surface area contributed by atoms with Gasteiger partial charge in [-0.05, 0) is 56.7 Å². The number of aromatic nitrogens is 2. The van der Waals surface area contributed by atoms with Crippen molar-refractivity contribution >= 4 is 35.5 Å².